The van der Waals surface area contributed by atoms with Gasteiger partial charge in [-0.05, 0) is 48.7 Å². The summed E-state index contributed by atoms with van der Waals surface area (Å²) >= 11 is 0. The number of carbonyl (C=O) groups is 2. The molecule has 1 aliphatic rings. The Morgan fingerprint density at radius 1 is 0.930 bits per heavy atom. The molecule has 1 saturated heterocycles. The number of hydrogen-bond acceptors (Lipinski definition) is 6. The molecular formula is C33H30N8O2. The molecule has 0 radical (unpaired) electrons. The summed E-state index contributed by atoms with van der Waals surface area (Å²) in [5, 5.41) is 11.2. The smallest absolute Gasteiger partial charge is 0.253 e. The highest BCUT2D eigenvalue weighted by Crippen LogP contribution is 2.33. The summed E-state index contributed by atoms with van der Waals surface area (Å²) in [4.78, 5) is 44.2. The van der Waals surface area contributed by atoms with E-state index in [2.05, 4.69) is 30.5 Å². The van der Waals surface area contributed by atoms with Crippen LogP contribution in [0.5, 0.6) is 0 Å². The van der Waals surface area contributed by atoms with Gasteiger partial charge in [0.2, 0.25) is 5.91 Å². The number of aromatic nitrogens is 6. The molecule has 1 fully saturated rings. The maximum atomic E-state index is 12.8. The van der Waals surface area contributed by atoms with Crippen molar-refractivity contribution in [3.8, 4) is 33.8 Å². The molecule has 2 aromatic carbocycles. The number of nitrogens with one attached hydrogen (secondary N) is 3. The van der Waals surface area contributed by atoms with E-state index in [9.17, 15) is 9.59 Å². The van der Waals surface area contributed by atoms with Crippen LogP contribution < -0.4 is 5.32 Å². The number of H-pyrrole nitrogens is 2. The molecular weight excluding hydrogens is 540 g/mol. The summed E-state index contributed by atoms with van der Waals surface area (Å²) < 4.78 is 0. The van der Waals surface area contributed by atoms with E-state index < -0.39 is 0 Å². The van der Waals surface area contributed by atoms with Gasteiger partial charge >= 0.3 is 0 Å². The summed E-state index contributed by atoms with van der Waals surface area (Å²) in [5.74, 6) is 0.523. The Kier molecular flexibility index (Phi) is 6.65. The van der Waals surface area contributed by atoms with Crippen LogP contribution in [0.15, 0.2) is 73.2 Å². The van der Waals surface area contributed by atoms with E-state index in [-0.39, 0.29) is 17.7 Å². The van der Waals surface area contributed by atoms with Crippen molar-refractivity contribution in [1.82, 2.24) is 35.0 Å². The van der Waals surface area contributed by atoms with E-state index in [0.29, 0.717) is 22.7 Å². The van der Waals surface area contributed by atoms with Crippen LogP contribution in [0, 0.1) is 5.92 Å². The SMILES string of the molecule is CC(C)C(=O)Nc1cncc(-c2cnc3n[nH]c(-c4nc5c(-c6ccc(C(=O)N7CCCC7)cc6)cccc5[nH]4)c3c2)c1. The first-order valence-corrected chi connectivity index (χ1v) is 14.4. The van der Waals surface area contributed by atoms with Gasteiger partial charge in [-0.25, -0.2) is 9.97 Å². The Balaban J connectivity index is 1.22. The molecule has 6 aromatic rings. The van der Waals surface area contributed by atoms with Crippen LogP contribution in [-0.2, 0) is 4.79 Å². The number of aromatic amines is 2. The normalized spacial score (nSPS) is 13.3. The minimum atomic E-state index is -0.136. The van der Waals surface area contributed by atoms with Crippen molar-refractivity contribution in [3.05, 3.63) is 78.8 Å². The number of imidazole rings is 1. The second-order valence-electron chi connectivity index (χ2n) is 11.2. The fraction of sp³-hybridized carbons (Fsp3) is 0.212. The Labute approximate surface area is 247 Å². The number of nitrogens with zero attached hydrogens (tertiary/aromatic N) is 5. The molecule has 0 spiro atoms. The summed E-state index contributed by atoms with van der Waals surface area (Å²) in [6.07, 6.45) is 7.25. The van der Waals surface area contributed by atoms with Crippen LogP contribution >= 0.6 is 0 Å². The summed E-state index contributed by atoms with van der Waals surface area (Å²) in [6.45, 7) is 5.35. The van der Waals surface area contributed by atoms with E-state index in [1.807, 2.05) is 73.3 Å². The number of amides is 2. The lowest BCUT2D eigenvalue weighted by molar-refractivity contribution is -0.118. The number of benzene rings is 2. The van der Waals surface area contributed by atoms with Crippen molar-refractivity contribution in [2.75, 3.05) is 18.4 Å². The van der Waals surface area contributed by atoms with Crippen LogP contribution in [0.2, 0.25) is 0 Å². The maximum absolute atomic E-state index is 12.8. The van der Waals surface area contributed by atoms with Gasteiger partial charge in [-0.3, -0.25) is 19.7 Å². The van der Waals surface area contributed by atoms with Crippen LogP contribution in [-0.4, -0.2) is 59.9 Å². The highest BCUT2D eigenvalue weighted by molar-refractivity contribution is 5.99. The minimum absolute atomic E-state index is 0.0691. The number of carbonyl (C=O) groups excluding carboxylic acids is 2. The highest BCUT2D eigenvalue weighted by atomic mass is 16.2. The number of pyridine rings is 2. The first kappa shape index (κ1) is 26.5. The molecule has 5 heterocycles. The summed E-state index contributed by atoms with van der Waals surface area (Å²) in [6, 6.07) is 17.7. The van der Waals surface area contributed by atoms with Crippen molar-refractivity contribution in [2.24, 2.45) is 5.92 Å². The molecule has 0 aliphatic carbocycles. The third-order valence-electron chi connectivity index (χ3n) is 7.86. The van der Waals surface area contributed by atoms with Crippen LogP contribution in [0.4, 0.5) is 5.69 Å². The van der Waals surface area contributed by atoms with Crippen LogP contribution in [0.1, 0.15) is 37.0 Å². The zero-order valence-corrected chi connectivity index (χ0v) is 23.9. The van der Waals surface area contributed by atoms with Gasteiger partial charge in [0.25, 0.3) is 5.91 Å². The first-order chi connectivity index (χ1) is 20.9. The molecule has 214 valence electrons. The van der Waals surface area contributed by atoms with Crippen molar-refractivity contribution >= 4 is 39.6 Å². The van der Waals surface area contributed by atoms with Gasteiger partial charge in [-0.1, -0.05) is 38.1 Å². The van der Waals surface area contributed by atoms with Gasteiger partial charge in [0, 0.05) is 53.7 Å². The van der Waals surface area contributed by atoms with E-state index in [1.54, 1.807) is 18.6 Å². The number of hydrogen-bond donors (Lipinski definition) is 3. The molecule has 1 aliphatic heterocycles. The quantitative estimate of drug-likeness (QED) is 0.223. The average Bonchev–Trinajstić information content (AvgIpc) is 3.80. The zero-order valence-electron chi connectivity index (χ0n) is 23.9. The predicted octanol–water partition coefficient (Wildman–Crippen LogP) is 6.06. The summed E-state index contributed by atoms with van der Waals surface area (Å²) in [5.41, 5.74) is 7.93. The second kappa shape index (κ2) is 10.8. The molecule has 0 unspecified atom stereocenters. The molecule has 4 aromatic heterocycles. The van der Waals surface area contributed by atoms with Crippen LogP contribution in [0.3, 0.4) is 0 Å². The predicted molar refractivity (Wildman–Crippen MR) is 166 cm³/mol. The van der Waals surface area contributed by atoms with E-state index in [4.69, 9.17) is 4.98 Å². The Morgan fingerprint density at radius 2 is 1.72 bits per heavy atom. The molecule has 0 saturated carbocycles. The molecule has 7 rings (SSSR count). The molecule has 0 bridgehead atoms. The topological polar surface area (TPSA) is 133 Å². The lowest BCUT2D eigenvalue weighted by atomic mass is 10.0. The van der Waals surface area contributed by atoms with Gasteiger partial charge in [0.1, 0.15) is 5.69 Å². The largest absolute Gasteiger partial charge is 0.339 e. The lowest BCUT2D eigenvalue weighted by Crippen LogP contribution is -2.27. The molecule has 43 heavy (non-hydrogen) atoms. The zero-order chi connectivity index (χ0) is 29.5. The van der Waals surface area contributed by atoms with E-state index in [1.165, 1.54) is 0 Å². The summed E-state index contributed by atoms with van der Waals surface area (Å²) in [7, 11) is 0. The van der Waals surface area contributed by atoms with Crippen molar-refractivity contribution in [1.29, 1.82) is 0 Å². The van der Waals surface area contributed by atoms with Crippen molar-refractivity contribution in [2.45, 2.75) is 26.7 Å². The number of rotatable bonds is 6. The number of anilines is 1. The molecule has 10 heteroatoms. The third-order valence-corrected chi connectivity index (χ3v) is 7.86. The average molecular weight is 571 g/mol. The minimum Gasteiger partial charge on any atom is -0.339 e. The number of fused-ring (bicyclic) bond motifs is 2. The fourth-order valence-electron chi connectivity index (χ4n) is 5.47. The van der Waals surface area contributed by atoms with Gasteiger partial charge in [-0.2, -0.15) is 5.10 Å². The Hall–Kier alpha value is -5.38. The maximum Gasteiger partial charge on any atom is 0.253 e. The van der Waals surface area contributed by atoms with E-state index in [0.717, 1.165) is 70.3 Å². The van der Waals surface area contributed by atoms with Gasteiger partial charge < -0.3 is 15.2 Å². The second-order valence-corrected chi connectivity index (χ2v) is 11.2. The first-order valence-electron chi connectivity index (χ1n) is 14.4. The Morgan fingerprint density at radius 3 is 2.51 bits per heavy atom. The molecule has 3 N–H and O–H groups in total. The van der Waals surface area contributed by atoms with Crippen molar-refractivity contribution in [3.63, 3.8) is 0 Å². The third kappa shape index (κ3) is 5.01. The monoisotopic (exact) mass is 570 g/mol. The fourth-order valence-corrected chi connectivity index (χ4v) is 5.47. The number of likely N-dealkylation sites (tertiary alicyclic amines) is 1. The standard InChI is InChI=1S/C33H30N8O2/c1-19(2)32(42)36-24-14-22(16-34-18-24)23-15-26-29(39-40-30(26)35-17-23)31-37-27-7-5-6-25(28(27)38-31)20-8-10-21(11-9-20)33(43)41-12-3-4-13-41/h5-11,14-19H,3-4,12-13H2,1-2H3,(H,36,42)(H,37,38)(H,35,39,40). The van der Waals surface area contributed by atoms with Crippen molar-refractivity contribution < 1.29 is 9.59 Å². The Bertz CT molecular complexity index is 1980. The van der Waals surface area contributed by atoms with Gasteiger partial charge in [-0.15, -0.1) is 0 Å². The number of para-hydroxylation sites is 1. The highest BCUT2D eigenvalue weighted by Gasteiger charge is 2.20. The van der Waals surface area contributed by atoms with E-state index >= 15 is 0 Å². The molecule has 0 atom stereocenters. The van der Waals surface area contributed by atoms with Gasteiger partial charge in [0.05, 0.1) is 28.3 Å². The lowest BCUT2D eigenvalue weighted by Gasteiger charge is -2.15. The van der Waals surface area contributed by atoms with Crippen LogP contribution in [0.25, 0.3) is 55.8 Å². The molecule has 10 nitrogen and oxygen atoms in total. The molecule has 2 amide bonds. The van der Waals surface area contributed by atoms with Gasteiger partial charge in [0.15, 0.2) is 11.5 Å².